The largest absolute Gasteiger partial charge is 0.480 e. The van der Waals surface area contributed by atoms with Gasteiger partial charge in [0.05, 0.1) is 37.4 Å². The van der Waals surface area contributed by atoms with Gasteiger partial charge in [0, 0.05) is 11.6 Å². The van der Waals surface area contributed by atoms with Crippen molar-refractivity contribution in [3.05, 3.63) is 84.0 Å². The Morgan fingerprint density at radius 1 is 1.33 bits per heavy atom. The van der Waals surface area contributed by atoms with E-state index in [0.29, 0.717) is 22.7 Å². The zero-order valence-electron chi connectivity index (χ0n) is 19.5. The molecule has 2 amide bonds. The van der Waals surface area contributed by atoms with Gasteiger partial charge in [-0.05, 0) is 30.6 Å². The van der Waals surface area contributed by atoms with Gasteiger partial charge >= 0.3 is 6.09 Å². The van der Waals surface area contributed by atoms with E-state index in [2.05, 4.69) is 21.4 Å². The van der Waals surface area contributed by atoms with E-state index in [9.17, 15) is 9.59 Å². The van der Waals surface area contributed by atoms with Crippen LogP contribution >= 0.6 is 0 Å². The maximum absolute atomic E-state index is 12.4. The van der Waals surface area contributed by atoms with Crippen molar-refractivity contribution in [3.63, 3.8) is 0 Å². The molecular weight excluding hydrogens is 464 g/mol. The lowest BCUT2D eigenvalue weighted by Crippen LogP contribution is -2.34. The summed E-state index contributed by atoms with van der Waals surface area (Å²) >= 11 is 0. The minimum atomic E-state index is -0.568. The number of carbonyl (C=O) groups is 2. The number of carbonyl (C=O) groups excluding carboxylic acids is 2. The molecule has 5 rings (SSSR count). The minimum absolute atomic E-state index is 0.140. The summed E-state index contributed by atoms with van der Waals surface area (Å²) in [4.78, 5) is 34.9. The van der Waals surface area contributed by atoms with Crippen LogP contribution in [0.5, 0.6) is 5.88 Å². The molecule has 10 nitrogen and oxygen atoms in total. The molecule has 2 aliphatic heterocycles. The lowest BCUT2D eigenvalue weighted by Gasteiger charge is -2.23. The Bertz CT molecular complexity index is 1340. The molecule has 1 aromatic heterocycles. The topological polar surface area (TPSA) is 112 Å². The zero-order valence-corrected chi connectivity index (χ0v) is 19.5. The molecule has 1 aliphatic carbocycles. The smallest absolute Gasteiger partial charge is 0.417 e. The Kier molecular flexibility index (Phi) is 6.65. The molecule has 10 heteroatoms. The molecule has 0 bridgehead atoms. The fourth-order valence-electron chi connectivity index (χ4n) is 3.90. The van der Waals surface area contributed by atoms with Crippen molar-refractivity contribution in [2.75, 3.05) is 20.2 Å². The third kappa shape index (κ3) is 5.07. The van der Waals surface area contributed by atoms with Crippen LogP contribution in [-0.2, 0) is 19.0 Å². The Morgan fingerprint density at radius 2 is 2.25 bits per heavy atom. The second-order valence-corrected chi connectivity index (χ2v) is 8.16. The maximum Gasteiger partial charge on any atom is 0.417 e. The van der Waals surface area contributed by atoms with Gasteiger partial charge in [0.1, 0.15) is 12.4 Å². The van der Waals surface area contributed by atoms with E-state index in [0.717, 1.165) is 24.0 Å². The number of para-hydroxylation sites is 1. The summed E-state index contributed by atoms with van der Waals surface area (Å²) in [6, 6.07) is 5.50. The first-order chi connectivity index (χ1) is 17.6. The van der Waals surface area contributed by atoms with Gasteiger partial charge in [0.15, 0.2) is 12.0 Å². The van der Waals surface area contributed by atoms with Crippen LogP contribution in [0.2, 0.25) is 0 Å². The van der Waals surface area contributed by atoms with Crippen molar-refractivity contribution in [1.29, 1.82) is 0 Å². The van der Waals surface area contributed by atoms with Gasteiger partial charge in [-0.3, -0.25) is 4.79 Å². The second-order valence-electron chi connectivity index (χ2n) is 8.16. The van der Waals surface area contributed by atoms with E-state index in [1.54, 1.807) is 6.08 Å². The predicted molar refractivity (Wildman–Crippen MR) is 130 cm³/mol. The van der Waals surface area contributed by atoms with Crippen LogP contribution < -0.4 is 10.1 Å². The van der Waals surface area contributed by atoms with Gasteiger partial charge in [0.2, 0.25) is 17.7 Å². The first kappa shape index (κ1) is 23.2. The summed E-state index contributed by atoms with van der Waals surface area (Å²) in [6.07, 6.45) is 14.1. The molecule has 1 aromatic carbocycles. The molecule has 1 atom stereocenters. The highest BCUT2D eigenvalue weighted by Gasteiger charge is 2.36. The molecule has 36 heavy (non-hydrogen) atoms. The SMILES string of the molecule is COc1cnc2cccc(/C=C/C(=O)NC[C@@H]3CN(C4=COC=C(C5=CC=CCC5)O4)C(=O)O3)c2n1. The van der Waals surface area contributed by atoms with Gasteiger partial charge in [-0.1, -0.05) is 30.4 Å². The average molecular weight is 489 g/mol. The number of benzene rings is 1. The van der Waals surface area contributed by atoms with Crippen molar-refractivity contribution in [2.45, 2.75) is 18.9 Å². The molecule has 0 spiro atoms. The molecule has 2 aromatic rings. The minimum Gasteiger partial charge on any atom is -0.480 e. The van der Waals surface area contributed by atoms with Gasteiger partial charge in [0.25, 0.3) is 0 Å². The molecule has 0 unspecified atom stereocenters. The van der Waals surface area contributed by atoms with Crippen molar-refractivity contribution in [3.8, 4) is 5.88 Å². The van der Waals surface area contributed by atoms with E-state index in [-0.39, 0.29) is 24.9 Å². The quantitative estimate of drug-likeness (QED) is 0.589. The van der Waals surface area contributed by atoms with E-state index in [1.807, 2.05) is 30.4 Å². The first-order valence-electron chi connectivity index (χ1n) is 11.4. The maximum atomic E-state index is 12.4. The summed E-state index contributed by atoms with van der Waals surface area (Å²) in [5.74, 6) is 0.852. The van der Waals surface area contributed by atoms with E-state index in [1.165, 1.54) is 36.8 Å². The number of allylic oxidation sites excluding steroid dienone is 4. The molecule has 3 heterocycles. The van der Waals surface area contributed by atoms with Crippen LogP contribution in [0.25, 0.3) is 17.1 Å². The third-order valence-corrected chi connectivity index (χ3v) is 5.74. The Morgan fingerprint density at radius 3 is 3.08 bits per heavy atom. The highest BCUT2D eigenvalue weighted by Crippen LogP contribution is 2.29. The first-order valence-corrected chi connectivity index (χ1v) is 11.4. The number of ether oxygens (including phenoxy) is 4. The average Bonchev–Trinajstić information content (AvgIpc) is 3.31. The summed E-state index contributed by atoms with van der Waals surface area (Å²) in [6.45, 7) is 0.352. The number of aromatic nitrogens is 2. The zero-order chi connectivity index (χ0) is 24.9. The van der Waals surface area contributed by atoms with Crippen LogP contribution in [0.1, 0.15) is 18.4 Å². The normalized spacial score (nSPS) is 19.2. The number of hydrogen-bond donors (Lipinski definition) is 1. The highest BCUT2D eigenvalue weighted by molar-refractivity contribution is 5.94. The number of fused-ring (bicyclic) bond motifs is 1. The fourth-order valence-corrected chi connectivity index (χ4v) is 3.90. The second kappa shape index (κ2) is 10.3. The fraction of sp³-hybridized carbons (Fsp3) is 0.231. The summed E-state index contributed by atoms with van der Waals surface area (Å²) in [5.41, 5.74) is 3.02. The van der Waals surface area contributed by atoms with Gasteiger partial charge in [-0.2, -0.15) is 0 Å². The van der Waals surface area contributed by atoms with Crippen molar-refractivity contribution >= 4 is 29.1 Å². The van der Waals surface area contributed by atoms with Gasteiger partial charge in [-0.25, -0.2) is 19.7 Å². The van der Waals surface area contributed by atoms with Crippen LogP contribution in [0.4, 0.5) is 4.79 Å². The number of amides is 2. The van der Waals surface area contributed by atoms with Crippen molar-refractivity contribution < 1.29 is 28.5 Å². The number of rotatable bonds is 7. The van der Waals surface area contributed by atoms with Crippen molar-refractivity contribution in [1.82, 2.24) is 20.2 Å². The molecule has 0 radical (unpaired) electrons. The number of methoxy groups -OCH3 is 1. The van der Waals surface area contributed by atoms with E-state index in [4.69, 9.17) is 18.9 Å². The standard InChI is InChI=1S/C26H24N4O6/c1-33-23-13-27-20-9-5-8-18(25(20)29-23)10-11-22(31)28-12-19-14-30(26(32)35-19)24-16-34-15-21(36-24)17-6-3-2-4-7-17/h2-3,5-6,8-11,13,15-16,19H,4,7,12,14H2,1H3,(H,28,31)/b11-10+/t19-/m1/s1. The number of nitrogens with one attached hydrogen (secondary N) is 1. The molecule has 184 valence electrons. The van der Waals surface area contributed by atoms with Crippen LogP contribution in [0.3, 0.4) is 0 Å². The van der Waals surface area contributed by atoms with E-state index >= 15 is 0 Å². The molecule has 3 aliphatic rings. The predicted octanol–water partition coefficient (Wildman–Crippen LogP) is 3.55. The Hall–Kier alpha value is -4.60. The molecule has 1 fully saturated rings. The van der Waals surface area contributed by atoms with Crippen LogP contribution in [-0.4, -0.2) is 53.2 Å². The molecular formula is C26H24N4O6. The highest BCUT2D eigenvalue weighted by atomic mass is 16.6. The number of hydrogen-bond acceptors (Lipinski definition) is 8. The monoisotopic (exact) mass is 488 g/mol. The lowest BCUT2D eigenvalue weighted by molar-refractivity contribution is -0.116. The summed E-state index contributed by atoms with van der Waals surface area (Å²) in [7, 11) is 1.52. The number of cyclic esters (lactones) is 1. The Balaban J connectivity index is 1.16. The van der Waals surface area contributed by atoms with Crippen molar-refractivity contribution in [2.24, 2.45) is 0 Å². The summed E-state index contributed by atoms with van der Waals surface area (Å²) in [5, 5.41) is 2.76. The third-order valence-electron chi connectivity index (χ3n) is 5.74. The Labute approximate surface area is 207 Å². The molecule has 1 saturated heterocycles. The van der Waals surface area contributed by atoms with Crippen LogP contribution in [0.15, 0.2) is 78.4 Å². The van der Waals surface area contributed by atoms with Gasteiger partial charge < -0.3 is 24.3 Å². The lowest BCUT2D eigenvalue weighted by atomic mass is 10.0. The molecule has 1 N–H and O–H groups in total. The number of nitrogens with zero attached hydrogens (tertiary/aromatic N) is 3. The van der Waals surface area contributed by atoms with Gasteiger partial charge in [-0.15, -0.1) is 0 Å². The van der Waals surface area contributed by atoms with E-state index < -0.39 is 12.2 Å². The van der Waals surface area contributed by atoms with Crippen LogP contribution in [0, 0.1) is 0 Å². The summed E-state index contributed by atoms with van der Waals surface area (Å²) < 4.78 is 21.8. The molecule has 0 saturated carbocycles.